The van der Waals surface area contributed by atoms with Crippen LogP contribution in [0.5, 0.6) is 0 Å². The van der Waals surface area contributed by atoms with Crippen molar-refractivity contribution < 1.29 is 0 Å². The lowest BCUT2D eigenvalue weighted by Crippen LogP contribution is -2.70. The topological polar surface area (TPSA) is 0 Å². The Hall–Kier alpha value is 1.20. The highest BCUT2D eigenvalue weighted by Crippen LogP contribution is 2.67. The zero-order valence-electron chi connectivity index (χ0n) is 13.3. The molecule has 0 aromatic rings. The minimum Gasteiger partial charge on any atom is -0.156 e. The highest BCUT2D eigenvalue weighted by atomic mass is 79.9. The van der Waals surface area contributed by atoms with Gasteiger partial charge in [-0.3, -0.25) is 0 Å². The minimum absolute atomic E-state index is 0.287. The second-order valence-corrected chi connectivity index (χ2v) is 33.0. The van der Waals surface area contributed by atoms with Crippen LogP contribution in [0.25, 0.3) is 0 Å². The van der Waals surface area contributed by atoms with Crippen molar-refractivity contribution in [2.24, 2.45) is 0 Å². The molecule has 0 aromatic heterocycles. The van der Waals surface area contributed by atoms with Crippen molar-refractivity contribution in [1.82, 2.24) is 0 Å². The van der Waals surface area contributed by atoms with E-state index in [-0.39, 0.29) is 15.1 Å². The molecule has 0 nitrogen and oxygen atoms in total. The van der Waals surface area contributed by atoms with Crippen LogP contribution in [0.2, 0.25) is 21.7 Å². The molecule has 0 aliphatic heterocycles. The van der Waals surface area contributed by atoms with E-state index in [1.807, 2.05) is 0 Å². The van der Waals surface area contributed by atoms with Crippen molar-refractivity contribution in [1.29, 1.82) is 0 Å². The Kier molecular flexibility index (Phi) is 4.97. The molecule has 0 heterocycles. The van der Waals surface area contributed by atoms with Gasteiger partial charge in [-0.2, -0.15) is 11.1 Å². The van der Waals surface area contributed by atoms with E-state index in [9.17, 15) is 0 Å². The predicted octanol–water partition coefficient (Wildman–Crippen LogP) is 6.62. The van der Waals surface area contributed by atoms with Gasteiger partial charge < -0.3 is 0 Å². The molecule has 0 aromatic carbocycles. The molecular formula is C13H30BrClSi2. The SMILES string of the molecule is CC(C)(C)[Si](C(C)(C)C)(C(C)(C)C)[Si](C)(Cl)Br. The van der Waals surface area contributed by atoms with Crippen LogP contribution in [0.4, 0.5) is 0 Å². The van der Waals surface area contributed by atoms with Crippen LogP contribution in [0.1, 0.15) is 62.3 Å². The van der Waals surface area contributed by atoms with Gasteiger partial charge >= 0.3 is 0 Å². The second kappa shape index (κ2) is 4.64. The summed E-state index contributed by atoms with van der Waals surface area (Å²) in [6.45, 7) is 23.8. The summed E-state index contributed by atoms with van der Waals surface area (Å²) < 4.78 is 0. The smallest absolute Gasteiger partial charge is 0.156 e. The first-order chi connectivity index (χ1) is 7.00. The van der Waals surface area contributed by atoms with E-state index in [1.54, 1.807) is 0 Å². The summed E-state index contributed by atoms with van der Waals surface area (Å²) in [5.74, 6) is 0. The molecule has 104 valence electrons. The van der Waals surface area contributed by atoms with E-state index in [1.165, 1.54) is 0 Å². The summed E-state index contributed by atoms with van der Waals surface area (Å²) in [7, 11) is -1.78. The van der Waals surface area contributed by atoms with Gasteiger partial charge in [0.1, 0.15) is 0 Å². The largest absolute Gasteiger partial charge is 0.213 e. The van der Waals surface area contributed by atoms with Gasteiger partial charge in [0.2, 0.25) is 5.52 Å². The predicted molar refractivity (Wildman–Crippen MR) is 91.3 cm³/mol. The highest BCUT2D eigenvalue weighted by molar-refractivity contribution is 9.29. The molecule has 0 spiro atoms. The maximum absolute atomic E-state index is 7.03. The van der Waals surface area contributed by atoms with Crippen molar-refractivity contribution >= 4 is 39.5 Å². The summed E-state index contributed by atoms with van der Waals surface area (Å²) in [6, 6.07) is 0. The molecule has 0 saturated carbocycles. The van der Waals surface area contributed by atoms with Crippen molar-refractivity contribution in [3.05, 3.63) is 0 Å². The lowest BCUT2D eigenvalue weighted by atomic mass is 10.2. The first kappa shape index (κ1) is 18.2. The van der Waals surface area contributed by atoms with Crippen LogP contribution >= 0.6 is 26.4 Å². The first-order valence-corrected chi connectivity index (χ1v) is 15.1. The lowest BCUT2D eigenvalue weighted by Gasteiger charge is -2.63. The van der Waals surface area contributed by atoms with E-state index in [4.69, 9.17) is 11.1 Å². The molecule has 0 fully saturated rings. The van der Waals surface area contributed by atoms with Crippen LogP contribution in [-0.4, -0.2) is 13.1 Å². The molecule has 1 unspecified atom stereocenters. The molecule has 0 saturated heterocycles. The summed E-state index contributed by atoms with van der Waals surface area (Å²) in [5, 5.41) is 0.862. The summed E-state index contributed by atoms with van der Waals surface area (Å²) in [4.78, 5) is 0. The van der Waals surface area contributed by atoms with Crippen LogP contribution in [0, 0.1) is 0 Å². The fraction of sp³-hybridized carbons (Fsp3) is 1.00. The normalized spacial score (nSPS) is 19.1. The Labute approximate surface area is 123 Å². The third-order valence-corrected chi connectivity index (χ3v) is 30.7. The molecular weight excluding hydrogens is 328 g/mol. The van der Waals surface area contributed by atoms with Crippen molar-refractivity contribution in [2.45, 2.75) is 84.0 Å². The van der Waals surface area contributed by atoms with E-state index in [0.717, 1.165) is 0 Å². The standard InChI is InChI=1S/C13H30BrClSi2/c1-11(2,3)17(12(4,5)6,13(7,8)9)16(10,14)15/h1-10H3. The molecule has 0 aliphatic rings. The van der Waals surface area contributed by atoms with E-state index in [0.29, 0.717) is 0 Å². The Morgan fingerprint density at radius 3 is 0.882 bits per heavy atom. The van der Waals surface area contributed by atoms with Gasteiger partial charge in [-0.25, -0.2) is 0 Å². The lowest BCUT2D eigenvalue weighted by molar-refractivity contribution is 0.554. The molecule has 0 aliphatic carbocycles. The fourth-order valence-corrected chi connectivity index (χ4v) is 51.6. The van der Waals surface area contributed by atoms with E-state index < -0.39 is 13.1 Å². The zero-order valence-corrected chi connectivity index (χ0v) is 17.6. The quantitative estimate of drug-likeness (QED) is 0.365. The molecule has 0 amide bonds. The van der Waals surface area contributed by atoms with Gasteiger partial charge in [0.05, 0.1) is 7.59 Å². The summed E-state index contributed by atoms with van der Waals surface area (Å²) in [6.07, 6.45) is 0. The average Bonchev–Trinajstić information content (AvgIpc) is 1.67. The maximum Gasteiger partial charge on any atom is 0.213 e. The second-order valence-electron chi connectivity index (χ2n) is 8.39. The molecule has 0 bridgehead atoms. The van der Waals surface area contributed by atoms with Crippen LogP contribution in [0.15, 0.2) is 0 Å². The summed E-state index contributed by atoms with van der Waals surface area (Å²) in [5.41, 5.74) is -1.92. The molecule has 0 radical (unpaired) electrons. The monoisotopic (exact) mass is 356 g/mol. The zero-order chi connectivity index (χ0) is 14.5. The third kappa shape index (κ3) is 2.87. The van der Waals surface area contributed by atoms with Gasteiger partial charge in [0.15, 0.2) is 0 Å². The fourth-order valence-electron chi connectivity index (χ4n) is 5.35. The number of hydrogen-bond acceptors (Lipinski definition) is 0. The van der Waals surface area contributed by atoms with Crippen LogP contribution < -0.4 is 0 Å². The van der Waals surface area contributed by atoms with Gasteiger partial charge in [-0.05, 0) is 21.7 Å². The Bertz CT molecular complexity index is 212. The number of halogens is 2. The first-order valence-electron chi connectivity index (χ1n) is 6.38. The third-order valence-electron chi connectivity index (χ3n) is 4.03. The van der Waals surface area contributed by atoms with Gasteiger partial charge in [-0.1, -0.05) is 62.3 Å². The van der Waals surface area contributed by atoms with E-state index >= 15 is 0 Å². The Morgan fingerprint density at radius 1 is 0.706 bits per heavy atom. The van der Waals surface area contributed by atoms with Crippen molar-refractivity contribution in [3.63, 3.8) is 0 Å². The minimum atomic E-state index is -1.92. The van der Waals surface area contributed by atoms with Gasteiger partial charge in [0.25, 0.3) is 0 Å². The number of hydrogen-bond donors (Lipinski definition) is 0. The van der Waals surface area contributed by atoms with Gasteiger partial charge in [-0.15, -0.1) is 15.3 Å². The van der Waals surface area contributed by atoms with Crippen LogP contribution in [-0.2, 0) is 0 Å². The molecule has 0 N–H and O–H groups in total. The molecule has 1 atom stereocenters. The molecule has 4 heteroatoms. The average molecular weight is 358 g/mol. The maximum atomic E-state index is 7.03. The number of rotatable bonds is 1. The Balaban J connectivity index is 6.37. The Morgan fingerprint density at radius 2 is 0.882 bits per heavy atom. The van der Waals surface area contributed by atoms with Crippen molar-refractivity contribution in [3.8, 4) is 0 Å². The van der Waals surface area contributed by atoms with Gasteiger partial charge in [0, 0.05) is 0 Å². The highest BCUT2D eigenvalue weighted by Gasteiger charge is 2.68. The van der Waals surface area contributed by atoms with Crippen molar-refractivity contribution in [2.75, 3.05) is 0 Å². The molecule has 17 heavy (non-hydrogen) atoms. The molecule has 0 rings (SSSR count). The summed E-state index contributed by atoms with van der Waals surface area (Å²) >= 11 is 11.0. The van der Waals surface area contributed by atoms with Crippen LogP contribution in [0.3, 0.4) is 0 Å². The van der Waals surface area contributed by atoms with E-state index in [2.05, 4.69) is 84.2 Å².